The van der Waals surface area contributed by atoms with Crippen molar-refractivity contribution in [3.8, 4) is 0 Å². The summed E-state index contributed by atoms with van der Waals surface area (Å²) in [4.78, 5) is 26.8. The molecule has 2 aromatic carbocycles. The van der Waals surface area contributed by atoms with Gasteiger partial charge < -0.3 is 13.8 Å². The molecule has 1 saturated carbocycles. The third-order valence-electron chi connectivity index (χ3n) is 5.29. The Morgan fingerprint density at radius 2 is 1.81 bits per heavy atom. The number of hydrogen-bond donors (Lipinski definition) is 0. The first kappa shape index (κ1) is 21.3. The van der Waals surface area contributed by atoms with Crippen molar-refractivity contribution in [2.45, 2.75) is 37.0 Å². The second kappa shape index (κ2) is 9.08. The van der Waals surface area contributed by atoms with E-state index in [9.17, 15) is 14.1 Å². The van der Waals surface area contributed by atoms with Gasteiger partial charge in [-0.05, 0) is 42.6 Å². The quantitative estimate of drug-likeness (QED) is 0.297. The summed E-state index contributed by atoms with van der Waals surface area (Å²) in [6, 6.07) is 14.7. The van der Waals surface area contributed by atoms with E-state index < -0.39 is 17.1 Å². The van der Waals surface area contributed by atoms with Crippen molar-refractivity contribution < 1.29 is 23.4 Å². The van der Waals surface area contributed by atoms with Crippen LogP contribution in [-0.4, -0.2) is 34.3 Å². The molecule has 0 aliphatic heterocycles. The van der Waals surface area contributed by atoms with Gasteiger partial charge in [-0.15, -0.1) is 0 Å². The zero-order chi connectivity index (χ0) is 22.0. The van der Waals surface area contributed by atoms with E-state index in [2.05, 4.69) is 5.16 Å². The number of ketones is 1. The molecule has 0 N–H and O–H groups in total. The van der Waals surface area contributed by atoms with Crippen molar-refractivity contribution in [2.24, 2.45) is 0 Å². The molecule has 1 atom stereocenters. The highest BCUT2D eigenvalue weighted by molar-refractivity contribution is 7.90. The molecule has 0 radical (unpaired) electrons. The van der Waals surface area contributed by atoms with E-state index in [1.807, 2.05) is 36.4 Å². The standard InChI is InChI=1S/C24H23NO5S/c1-3-29-24(27)21-20(23(30-25-21)15-12-13-15)22(26)18-10-6-4-8-16(18)14-17-9-5-7-11-19(17)31(2)28/h4-11,15H,3,12-14H2,1-2H3. The van der Waals surface area contributed by atoms with Crippen LogP contribution in [0, 0.1) is 0 Å². The van der Waals surface area contributed by atoms with Gasteiger partial charge in [0.05, 0.1) is 6.61 Å². The van der Waals surface area contributed by atoms with Crippen LogP contribution in [0.4, 0.5) is 0 Å². The molecule has 0 spiro atoms. The Kier molecular flexibility index (Phi) is 6.25. The molecule has 1 aliphatic carbocycles. The number of benzene rings is 2. The molecule has 1 aromatic heterocycles. The maximum Gasteiger partial charge on any atom is 0.361 e. The van der Waals surface area contributed by atoms with Gasteiger partial charge in [-0.3, -0.25) is 4.79 Å². The molecule has 0 saturated heterocycles. The van der Waals surface area contributed by atoms with E-state index in [4.69, 9.17) is 9.26 Å². The van der Waals surface area contributed by atoms with Crippen molar-refractivity contribution in [3.05, 3.63) is 82.2 Å². The van der Waals surface area contributed by atoms with E-state index in [1.165, 1.54) is 0 Å². The number of carbonyl (C=O) groups excluding carboxylic acids is 2. The van der Waals surface area contributed by atoms with Crippen LogP contribution in [-0.2, 0) is 22.3 Å². The van der Waals surface area contributed by atoms with Gasteiger partial charge in [-0.2, -0.15) is 0 Å². The Hall–Kier alpha value is -2.90. The number of carbonyl (C=O) groups is 2. The minimum atomic E-state index is -1.15. The Bertz CT molecular complexity index is 1120. The first-order valence-electron chi connectivity index (χ1n) is 10.2. The molecule has 6 nitrogen and oxygen atoms in total. The second-order valence-electron chi connectivity index (χ2n) is 7.49. The Morgan fingerprint density at radius 1 is 1.13 bits per heavy atom. The van der Waals surface area contributed by atoms with Gasteiger partial charge in [-0.1, -0.05) is 47.6 Å². The molecule has 3 aromatic rings. The van der Waals surface area contributed by atoms with E-state index >= 15 is 0 Å². The first-order valence-corrected chi connectivity index (χ1v) is 11.8. The lowest BCUT2D eigenvalue weighted by atomic mass is 9.92. The van der Waals surface area contributed by atoms with Crippen LogP contribution < -0.4 is 0 Å². The minimum absolute atomic E-state index is 0.0707. The molecule has 160 valence electrons. The maximum atomic E-state index is 13.7. The number of ether oxygens (including phenoxy) is 1. The van der Waals surface area contributed by atoms with Gasteiger partial charge in [0.2, 0.25) is 5.69 Å². The number of hydrogen-bond acceptors (Lipinski definition) is 6. The van der Waals surface area contributed by atoms with Crippen LogP contribution in [0.25, 0.3) is 0 Å². The summed E-state index contributed by atoms with van der Waals surface area (Å²) < 4.78 is 22.7. The van der Waals surface area contributed by atoms with Gasteiger partial charge in [0.25, 0.3) is 0 Å². The molecular weight excluding hydrogens is 414 g/mol. The van der Waals surface area contributed by atoms with Gasteiger partial charge in [0, 0.05) is 23.5 Å². The van der Waals surface area contributed by atoms with Crippen LogP contribution in [0.3, 0.4) is 0 Å². The molecule has 1 heterocycles. The average Bonchev–Trinajstić information content (AvgIpc) is 3.52. The summed E-state index contributed by atoms with van der Waals surface area (Å²) in [5.41, 5.74) is 2.26. The summed E-state index contributed by atoms with van der Waals surface area (Å²) >= 11 is -1.15. The van der Waals surface area contributed by atoms with Crippen molar-refractivity contribution >= 4 is 22.9 Å². The molecule has 7 heteroatoms. The molecule has 0 amide bonds. The largest absolute Gasteiger partial charge is 0.612 e. The monoisotopic (exact) mass is 437 g/mol. The Morgan fingerprint density at radius 3 is 2.48 bits per heavy atom. The van der Waals surface area contributed by atoms with E-state index in [0.717, 1.165) is 28.9 Å². The highest BCUT2D eigenvalue weighted by atomic mass is 32.2. The molecular formula is C24H23NO5S. The Labute approximate surface area is 183 Å². The van der Waals surface area contributed by atoms with Crippen molar-refractivity contribution in [2.75, 3.05) is 12.9 Å². The van der Waals surface area contributed by atoms with Crippen LogP contribution in [0.1, 0.15) is 69.0 Å². The summed E-state index contributed by atoms with van der Waals surface area (Å²) in [5.74, 6) is -0.412. The van der Waals surface area contributed by atoms with Crippen LogP contribution in [0.15, 0.2) is 57.9 Å². The summed E-state index contributed by atoms with van der Waals surface area (Å²) in [6.45, 7) is 1.88. The average molecular weight is 438 g/mol. The zero-order valence-corrected chi connectivity index (χ0v) is 18.2. The smallest absolute Gasteiger partial charge is 0.361 e. The number of esters is 1. The fourth-order valence-corrected chi connectivity index (χ4v) is 4.43. The lowest BCUT2D eigenvalue weighted by molar-refractivity contribution is 0.0512. The van der Waals surface area contributed by atoms with Gasteiger partial charge >= 0.3 is 5.97 Å². The van der Waals surface area contributed by atoms with E-state index in [-0.39, 0.29) is 29.6 Å². The van der Waals surface area contributed by atoms with Crippen molar-refractivity contribution in [1.29, 1.82) is 0 Å². The lowest BCUT2D eigenvalue weighted by Gasteiger charge is -2.13. The summed E-state index contributed by atoms with van der Waals surface area (Å²) in [5, 5.41) is 3.88. The molecule has 1 unspecified atom stereocenters. The topological polar surface area (TPSA) is 92.5 Å². The van der Waals surface area contributed by atoms with E-state index in [0.29, 0.717) is 17.7 Å². The molecule has 31 heavy (non-hydrogen) atoms. The summed E-state index contributed by atoms with van der Waals surface area (Å²) in [6.07, 6.45) is 3.88. The molecule has 1 fully saturated rings. The second-order valence-corrected chi connectivity index (χ2v) is 8.84. The zero-order valence-electron chi connectivity index (χ0n) is 17.4. The van der Waals surface area contributed by atoms with Gasteiger partial charge in [-0.25, -0.2) is 4.79 Å². The normalized spacial score (nSPS) is 14.3. The predicted octanol–water partition coefficient (Wildman–Crippen LogP) is 4.29. The first-order chi connectivity index (χ1) is 15.0. The predicted molar refractivity (Wildman–Crippen MR) is 116 cm³/mol. The fourth-order valence-electron chi connectivity index (χ4n) is 3.65. The third kappa shape index (κ3) is 4.43. The van der Waals surface area contributed by atoms with Crippen molar-refractivity contribution in [1.82, 2.24) is 5.16 Å². The molecule has 1 aliphatic rings. The van der Waals surface area contributed by atoms with Crippen molar-refractivity contribution in [3.63, 3.8) is 0 Å². The maximum absolute atomic E-state index is 13.7. The lowest BCUT2D eigenvalue weighted by Crippen LogP contribution is -2.15. The number of nitrogens with zero attached hydrogens (tertiary/aromatic N) is 1. The van der Waals surface area contributed by atoms with Gasteiger partial charge in [0.1, 0.15) is 11.8 Å². The highest BCUT2D eigenvalue weighted by Crippen LogP contribution is 2.43. The SMILES string of the molecule is CCOC(=O)c1noc(C2CC2)c1C(=O)c1ccccc1Cc1ccccc1[S+](C)[O-]. The third-order valence-corrected chi connectivity index (χ3v) is 6.31. The molecule has 4 rings (SSSR count). The fraction of sp³-hybridized carbons (Fsp3) is 0.292. The number of rotatable bonds is 8. The Balaban J connectivity index is 1.75. The minimum Gasteiger partial charge on any atom is -0.612 e. The van der Waals surface area contributed by atoms with Crippen LogP contribution >= 0.6 is 0 Å². The van der Waals surface area contributed by atoms with E-state index in [1.54, 1.807) is 25.3 Å². The van der Waals surface area contributed by atoms with Crippen LogP contribution in [0.5, 0.6) is 0 Å². The highest BCUT2D eigenvalue weighted by Gasteiger charge is 2.38. The number of aromatic nitrogens is 1. The van der Waals surface area contributed by atoms with Crippen LogP contribution in [0.2, 0.25) is 0 Å². The van der Waals surface area contributed by atoms with Gasteiger partial charge in [0.15, 0.2) is 16.4 Å². The summed E-state index contributed by atoms with van der Waals surface area (Å²) in [7, 11) is 0. The molecule has 0 bridgehead atoms.